The van der Waals surface area contributed by atoms with Gasteiger partial charge in [-0.1, -0.05) is 0 Å². The van der Waals surface area contributed by atoms with Crippen molar-refractivity contribution in [3.8, 4) is 0 Å². The van der Waals surface area contributed by atoms with Gasteiger partial charge in [0.2, 0.25) is 11.8 Å². The number of ether oxygens (including phenoxy) is 2. The normalized spacial score (nSPS) is 35.3. The standard InChI is InChI=1S/C20H33N5O5S2/c1-11(2)30-20(28)24-16(26)12-4-10-31-18(12)23-17(27)19-22-14-13(32-19)3-5-21-15(14)25-6-8-29-9-7-25/h11-15,18-19,21-22H,3-10H2,1-2H3,(H,23,27)(H,24,26,28). The van der Waals surface area contributed by atoms with Crippen LogP contribution in [-0.4, -0.2) is 95.7 Å². The van der Waals surface area contributed by atoms with E-state index in [-0.39, 0.29) is 35.0 Å². The zero-order valence-electron chi connectivity index (χ0n) is 18.5. The Morgan fingerprint density at radius 2 is 1.94 bits per heavy atom. The lowest BCUT2D eigenvalue weighted by molar-refractivity contribution is -0.125. The largest absolute Gasteiger partial charge is 0.447 e. The number of carbonyl (C=O) groups is 3. The van der Waals surface area contributed by atoms with Crippen molar-refractivity contribution in [2.75, 3.05) is 38.6 Å². The van der Waals surface area contributed by atoms with Gasteiger partial charge in [-0.3, -0.25) is 25.1 Å². The van der Waals surface area contributed by atoms with Gasteiger partial charge in [0.15, 0.2) is 0 Å². The van der Waals surface area contributed by atoms with Crippen LogP contribution in [0.5, 0.6) is 0 Å². The van der Waals surface area contributed by atoms with E-state index < -0.39 is 17.9 Å². The molecule has 0 radical (unpaired) electrons. The van der Waals surface area contributed by atoms with E-state index in [1.165, 1.54) is 11.8 Å². The highest BCUT2D eigenvalue weighted by Gasteiger charge is 2.46. The number of amides is 3. The molecule has 4 fully saturated rings. The third-order valence-electron chi connectivity index (χ3n) is 6.14. The Kier molecular flexibility index (Phi) is 8.22. The molecule has 0 spiro atoms. The van der Waals surface area contributed by atoms with Crippen LogP contribution in [0.2, 0.25) is 0 Å². The van der Waals surface area contributed by atoms with Crippen LogP contribution in [0.25, 0.3) is 0 Å². The van der Waals surface area contributed by atoms with E-state index >= 15 is 0 Å². The van der Waals surface area contributed by atoms with Crippen LogP contribution in [0.15, 0.2) is 0 Å². The Hall–Kier alpha value is -1.05. The number of hydrogen-bond acceptors (Lipinski definition) is 10. The molecule has 4 aliphatic heterocycles. The summed E-state index contributed by atoms with van der Waals surface area (Å²) in [6, 6.07) is 0.184. The van der Waals surface area contributed by atoms with Gasteiger partial charge in [0.25, 0.3) is 0 Å². The highest BCUT2D eigenvalue weighted by atomic mass is 32.2. The van der Waals surface area contributed by atoms with Crippen molar-refractivity contribution in [1.82, 2.24) is 26.2 Å². The Morgan fingerprint density at radius 1 is 1.16 bits per heavy atom. The van der Waals surface area contributed by atoms with Crippen LogP contribution >= 0.6 is 23.5 Å². The molecule has 0 aromatic heterocycles. The minimum Gasteiger partial charge on any atom is -0.447 e. The number of morpholine rings is 1. The van der Waals surface area contributed by atoms with E-state index in [4.69, 9.17) is 9.47 Å². The zero-order chi connectivity index (χ0) is 22.7. The highest BCUT2D eigenvalue weighted by molar-refractivity contribution is 8.01. The number of nitrogens with zero attached hydrogens (tertiary/aromatic N) is 1. The molecule has 3 amide bonds. The van der Waals surface area contributed by atoms with Crippen molar-refractivity contribution < 1.29 is 23.9 Å². The monoisotopic (exact) mass is 487 g/mol. The number of nitrogens with one attached hydrogen (secondary N) is 4. The third-order valence-corrected chi connectivity index (χ3v) is 8.91. The van der Waals surface area contributed by atoms with Crippen LogP contribution in [0.3, 0.4) is 0 Å². The molecule has 0 aromatic rings. The van der Waals surface area contributed by atoms with E-state index in [1.54, 1.807) is 25.6 Å². The summed E-state index contributed by atoms with van der Waals surface area (Å²) >= 11 is 3.22. The Morgan fingerprint density at radius 3 is 2.69 bits per heavy atom. The van der Waals surface area contributed by atoms with E-state index in [0.717, 1.165) is 45.0 Å². The Labute approximate surface area is 197 Å². The van der Waals surface area contributed by atoms with Crippen LogP contribution in [-0.2, 0) is 19.1 Å². The van der Waals surface area contributed by atoms with Gasteiger partial charge in [0.1, 0.15) is 5.37 Å². The predicted octanol–water partition coefficient (Wildman–Crippen LogP) is -0.106. The molecule has 0 saturated carbocycles. The molecule has 6 unspecified atom stereocenters. The molecule has 4 rings (SSSR count). The van der Waals surface area contributed by atoms with Gasteiger partial charge in [-0.15, -0.1) is 23.5 Å². The van der Waals surface area contributed by atoms with Gasteiger partial charge < -0.3 is 20.1 Å². The summed E-state index contributed by atoms with van der Waals surface area (Å²) in [5.74, 6) is -0.211. The Balaban J connectivity index is 1.31. The maximum Gasteiger partial charge on any atom is 0.414 e. The summed E-state index contributed by atoms with van der Waals surface area (Å²) in [4.78, 5) is 39.8. The molecular formula is C20H33N5O5S2. The number of hydrogen-bond donors (Lipinski definition) is 4. The molecule has 4 heterocycles. The SMILES string of the molecule is CC(C)OC(=O)NC(=O)C1CCSC1NC(=O)C1NC2C(CCNC2N2CCOCC2)S1. The second-order valence-corrected chi connectivity index (χ2v) is 11.3. The van der Waals surface area contributed by atoms with E-state index in [0.29, 0.717) is 11.7 Å². The number of carbonyl (C=O) groups excluding carboxylic acids is 3. The van der Waals surface area contributed by atoms with Crippen molar-refractivity contribution >= 4 is 41.4 Å². The number of fused-ring (bicyclic) bond motifs is 1. The fourth-order valence-electron chi connectivity index (χ4n) is 4.63. The first-order valence-corrected chi connectivity index (χ1v) is 13.3. The first-order chi connectivity index (χ1) is 15.4. The van der Waals surface area contributed by atoms with Crippen LogP contribution in [0, 0.1) is 5.92 Å². The summed E-state index contributed by atoms with van der Waals surface area (Å²) in [7, 11) is 0. The third kappa shape index (κ3) is 5.71. The average molecular weight is 488 g/mol. The molecule has 32 heavy (non-hydrogen) atoms. The summed E-state index contributed by atoms with van der Waals surface area (Å²) < 4.78 is 10.5. The molecule has 10 nitrogen and oxygen atoms in total. The zero-order valence-corrected chi connectivity index (χ0v) is 20.1. The number of alkyl carbamates (subject to hydrolysis) is 1. The Bertz CT molecular complexity index is 708. The first-order valence-electron chi connectivity index (χ1n) is 11.3. The molecular weight excluding hydrogens is 454 g/mol. The van der Waals surface area contributed by atoms with E-state index in [9.17, 15) is 14.4 Å². The molecule has 0 aliphatic carbocycles. The topological polar surface area (TPSA) is 121 Å². The van der Waals surface area contributed by atoms with Gasteiger partial charge in [0.05, 0.1) is 36.8 Å². The van der Waals surface area contributed by atoms with Crippen molar-refractivity contribution in [3.63, 3.8) is 0 Å². The summed E-state index contributed by atoms with van der Waals surface area (Å²) in [6.45, 7) is 7.62. The summed E-state index contributed by atoms with van der Waals surface area (Å²) in [5.41, 5.74) is 0. The quantitative estimate of drug-likeness (QED) is 0.418. The van der Waals surface area contributed by atoms with Gasteiger partial charge in [-0.05, 0) is 39.0 Å². The predicted molar refractivity (Wildman–Crippen MR) is 123 cm³/mol. The molecule has 4 saturated heterocycles. The lowest BCUT2D eigenvalue weighted by atomic mass is 10.0. The van der Waals surface area contributed by atoms with Crippen molar-refractivity contribution in [2.24, 2.45) is 5.92 Å². The maximum absolute atomic E-state index is 13.1. The molecule has 180 valence electrons. The number of piperidine rings is 1. The molecule has 12 heteroatoms. The van der Waals surface area contributed by atoms with Crippen LogP contribution < -0.4 is 21.3 Å². The summed E-state index contributed by atoms with van der Waals surface area (Å²) in [6.07, 6.45) is 0.755. The fourth-order valence-corrected chi connectivity index (χ4v) is 7.39. The van der Waals surface area contributed by atoms with E-state index in [1.807, 2.05) is 0 Å². The summed E-state index contributed by atoms with van der Waals surface area (Å²) in [5, 5.41) is 12.1. The number of rotatable bonds is 5. The highest BCUT2D eigenvalue weighted by Crippen LogP contribution is 2.36. The molecule has 0 aromatic carbocycles. The second-order valence-electron chi connectivity index (χ2n) is 8.72. The van der Waals surface area contributed by atoms with Crippen molar-refractivity contribution in [1.29, 1.82) is 0 Å². The molecule has 6 atom stereocenters. The second kappa shape index (κ2) is 10.9. The van der Waals surface area contributed by atoms with Gasteiger partial charge in [0, 0.05) is 24.4 Å². The maximum atomic E-state index is 13.1. The van der Waals surface area contributed by atoms with Gasteiger partial charge in [-0.2, -0.15) is 0 Å². The van der Waals surface area contributed by atoms with Gasteiger partial charge in [-0.25, -0.2) is 4.79 Å². The molecule has 4 aliphatic rings. The van der Waals surface area contributed by atoms with Crippen LogP contribution in [0.1, 0.15) is 26.7 Å². The van der Waals surface area contributed by atoms with Crippen molar-refractivity contribution in [3.05, 3.63) is 0 Å². The minimum atomic E-state index is -0.745. The van der Waals surface area contributed by atoms with Crippen LogP contribution in [0.4, 0.5) is 4.79 Å². The smallest absolute Gasteiger partial charge is 0.414 e. The number of imide groups is 1. The molecule has 4 N–H and O–H groups in total. The first kappa shape index (κ1) is 24.1. The fraction of sp³-hybridized carbons (Fsp3) is 0.850. The van der Waals surface area contributed by atoms with E-state index in [2.05, 4.69) is 26.2 Å². The van der Waals surface area contributed by atoms with Crippen molar-refractivity contribution in [2.45, 2.75) is 61.0 Å². The lowest BCUT2D eigenvalue weighted by Gasteiger charge is -2.42. The minimum absolute atomic E-state index is 0.105. The molecule has 0 bridgehead atoms. The van der Waals surface area contributed by atoms with Gasteiger partial charge >= 0.3 is 6.09 Å². The number of thioether (sulfide) groups is 2. The average Bonchev–Trinajstić information content (AvgIpc) is 3.40. The lowest BCUT2D eigenvalue weighted by Crippen LogP contribution is -2.64.